The first-order valence-electron chi connectivity index (χ1n) is 10.6. The average Bonchev–Trinajstić information content (AvgIpc) is 3.16. The summed E-state index contributed by atoms with van der Waals surface area (Å²) in [6.45, 7) is 13.6. The second-order valence-corrected chi connectivity index (χ2v) is 7.25. The summed E-state index contributed by atoms with van der Waals surface area (Å²) < 4.78 is 11.6. The summed E-state index contributed by atoms with van der Waals surface area (Å²) in [6.07, 6.45) is 6.71. The molecule has 156 valence electrons. The Bertz CT molecular complexity index is 766. The van der Waals surface area contributed by atoms with Crippen LogP contribution < -0.4 is 4.90 Å². The summed E-state index contributed by atoms with van der Waals surface area (Å²) in [5.74, 6) is 2.39. The number of morpholine rings is 1. The molecule has 5 nitrogen and oxygen atoms in total. The van der Waals surface area contributed by atoms with E-state index in [1.54, 1.807) is 0 Å². The van der Waals surface area contributed by atoms with Crippen LogP contribution in [0.25, 0.3) is 16.7 Å². The molecule has 0 aliphatic carbocycles. The van der Waals surface area contributed by atoms with Crippen LogP contribution in [0.1, 0.15) is 66.1 Å². The van der Waals surface area contributed by atoms with Crippen molar-refractivity contribution in [3.63, 3.8) is 0 Å². The van der Waals surface area contributed by atoms with Gasteiger partial charge < -0.3 is 14.1 Å². The van der Waals surface area contributed by atoms with Crippen molar-refractivity contribution < 1.29 is 9.15 Å². The molecule has 28 heavy (non-hydrogen) atoms. The molecule has 0 radical (unpaired) electrons. The van der Waals surface area contributed by atoms with Crippen molar-refractivity contribution in [2.75, 3.05) is 31.2 Å². The molecule has 1 fully saturated rings. The summed E-state index contributed by atoms with van der Waals surface area (Å²) in [5, 5.41) is 0.255. The minimum absolute atomic E-state index is 0.255. The molecule has 2 aromatic heterocycles. The summed E-state index contributed by atoms with van der Waals surface area (Å²) in [6, 6.07) is 1.99. The number of anilines is 1. The Labute approximate surface area is 174 Å². The number of furan rings is 1. The van der Waals surface area contributed by atoms with Crippen molar-refractivity contribution in [3.8, 4) is 0 Å². The highest BCUT2D eigenvalue weighted by Crippen LogP contribution is 2.32. The van der Waals surface area contributed by atoms with Gasteiger partial charge in [-0.1, -0.05) is 47.1 Å². The molecule has 6 heteroatoms. The van der Waals surface area contributed by atoms with Crippen molar-refractivity contribution in [2.45, 2.75) is 60.3 Å². The third kappa shape index (κ3) is 5.71. The predicted molar refractivity (Wildman–Crippen MR) is 118 cm³/mol. The van der Waals surface area contributed by atoms with E-state index >= 15 is 0 Å². The Morgan fingerprint density at radius 3 is 2.61 bits per heavy atom. The Kier molecular flexibility index (Phi) is 9.26. The first-order valence-corrected chi connectivity index (χ1v) is 11.0. The Morgan fingerprint density at radius 1 is 1.25 bits per heavy atom. The topological polar surface area (TPSA) is 51.4 Å². The SMILES string of the molecule is CC.CC/C(=C\CCC(C)CC)c1cc2nc(Cl)nc(N3CCOCC3)c2o1. The predicted octanol–water partition coefficient (Wildman–Crippen LogP) is 6.36. The number of aromatic nitrogens is 2. The Morgan fingerprint density at radius 2 is 1.96 bits per heavy atom. The molecular weight excluding hydrogens is 374 g/mol. The van der Waals surface area contributed by atoms with Crippen molar-refractivity contribution in [1.29, 1.82) is 0 Å². The van der Waals surface area contributed by atoms with E-state index < -0.39 is 0 Å². The lowest BCUT2D eigenvalue weighted by Crippen LogP contribution is -2.36. The molecule has 1 aliphatic heterocycles. The molecule has 0 N–H and O–H groups in total. The van der Waals surface area contributed by atoms with Crippen molar-refractivity contribution in [2.24, 2.45) is 5.92 Å². The molecule has 0 bridgehead atoms. The molecule has 2 aromatic rings. The van der Waals surface area contributed by atoms with Crippen LogP contribution >= 0.6 is 11.6 Å². The van der Waals surface area contributed by atoms with Crippen LogP contribution in [-0.4, -0.2) is 36.3 Å². The fraction of sp³-hybridized carbons (Fsp3) is 0.636. The number of allylic oxidation sites excluding steroid dienone is 2. The molecule has 3 heterocycles. The van der Waals surface area contributed by atoms with Gasteiger partial charge in [0, 0.05) is 19.2 Å². The van der Waals surface area contributed by atoms with Gasteiger partial charge in [-0.3, -0.25) is 0 Å². The third-order valence-corrected chi connectivity index (χ3v) is 5.25. The van der Waals surface area contributed by atoms with Gasteiger partial charge in [0.25, 0.3) is 0 Å². The standard InChI is InChI=1S/C20H28ClN3O2.C2H6/c1-4-14(3)7-6-8-15(5-2)17-13-16-18(26-17)19(23-20(21)22-16)24-9-11-25-12-10-24;1-2/h8,13-14H,4-7,9-12H2,1-3H3;1-2H3/b15-8+;. The molecule has 0 aromatic carbocycles. The van der Waals surface area contributed by atoms with Crippen LogP contribution in [-0.2, 0) is 4.74 Å². The molecule has 0 saturated carbocycles. The third-order valence-electron chi connectivity index (χ3n) is 5.08. The summed E-state index contributed by atoms with van der Waals surface area (Å²) >= 11 is 6.16. The van der Waals surface area contributed by atoms with E-state index in [9.17, 15) is 0 Å². The Balaban J connectivity index is 0.00000136. The van der Waals surface area contributed by atoms with Gasteiger partial charge in [-0.05, 0) is 42.4 Å². The van der Waals surface area contributed by atoms with Gasteiger partial charge in [0.15, 0.2) is 11.4 Å². The van der Waals surface area contributed by atoms with E-state index in [1.165, 1.54) is 18.4 Å². The molecule has 1 atom stereocenters. The second-order valence-electron chi connectivity index (χ2n) is 6.91. The summed E-state index contributed by atoms with van der Waals surface area (Å²) in [7, 11) is 0. The lowest BCUT2D eigenvalue weighted by Gasteiger charge is -2.27. The van der Waals surface area contributed by atoms with E-state index in [1.807, 2.05) is 19.9 Å². The summed E-state index contributed by atoms with van der Waals surface area (Å²) in [5.41, 5.74) is 2.70. The zero-order valence-electron chi connectivity index (χ0n) is 17.9. The molecule has 1 saturated heterocycles. The normalized spacial score (nSPS) is 16.1. The zero-order chi connectivity index (χ0) is 20.5. The van der Waals surface area contributed by atoms with E-state index in [0.717, 1.165) is 48.9 Å². The number of rotatable bonds is 7. The summed E-state index contributed by atoms with van der Waals surface area (Å²) in [4.78, 5) is 11.0. The van der Waals surface area contributed by atoms with Crippen LogP contribution in [0.15, 0.2) is 16.6 Å². The number of fused-ring (bicyclic) bond motifs is 1. The highest BCUT2D eigenvalue weighted by Gasteiger charge is 2.21. The molecule has 1 aliphatic rings. The maximum atomic E-state index is 6.21. The van der Waals surface area contributed by atoms with Gasteiger partial charge in [-0.25, -0.2) is 4.98 Å². The number of ether oxygens (including phenoxy) is 1. The highest BCUT2D eigenvalue weighted by molar-refractivity contribution is 6.28. The van der Waals surface area contributed by atoms with E-state index in [2.05, 4.69) is 41.7 Å². The van der Waals surface area contributed by atoms with Gasteiger partial charge in [-0.15, -0.1) is 0 Å². The van der Waals surface area contributed by atoms with Crippen LogP contribution in [0.2, 0.25) is 5.28 Å². The number of hydrogen-bond donors (Lipinski definition) is 0. The molecule has 0 spiro atoms. The minimum Gasteiger partial charge on any atom is -0.451 e. The smallest absolute Gasteiger partial charge is 0.225 e. The lowest BCUT2D eigenvalue weighted by atomic mass is 10.0. The monoisotopic (exact) mass is 407 g/mol. The number of nitrogens with zero attached hydrogens (tertiary/aromatic N) is 3. The van der Waals surface area contributed by atoms with Crippen LogP contribution in [0.4, 0.5) is 5.82 Å². The molecule has 3 rings (SSSR count). The molecule has 1 unspecified atom stereocenters. The number of hydrogen-bond acceptors (Lipinski definition) is 5. The quantitative estimate of drug-likeness (QED) is 0.500. The van der Waals surface area contributed by atoms with E-state index in [0.29, 0.717) is 18.8 Å². The van der Waals surface area contributed by atoms with Gasteiger partial charge in [-0.2, -0.15) is 4.98 Å². The Hall–Kier alpha value is -1.59. The first-order chi connectivity index (χ1) is 13.6. The maximum absolute atomic E-state index is 6.21. The van der Waals surface area contributed by atoms with Crippen LogP contribution in [0.3, 0.4) is 0 Å². The van der Waals surface area contributed by atoms with Crippen LogP contribution in [0, 0.1) is 5.92 Å². The van der Waals surface area contributed by atoms with E-state index in [-0.39, 0.29) is 5.28 Å². The largest absolute Gasteiger partial charge is 0.451 e. The van der Waals surface area contributed by atoms with Crippen LogP contribution in [0.5, 0.6) is 0 Å². The minimum atomic E-state index is 0.255. The fourth-order valence-corrected chi connectivity index (χ4v) is 3.37. The first kappa shape index (κ1) is 22.7. The zero-order valence-corrected chi connectivity index (χ0v) is 18.7. The second kappa shape index (κ2) is 11.4. The lowest BCUT2D eigenvalue weighted by molar-refractivity contribution is 0.122. The van der Waals surface area contributed by atoms with Gasteiger partial charge in [0.1, 0.15) is 11.3 Å². The van der Waals surface area contributed by atoms with Crippen molar-refractivity contribution in [1.82, 2.24) is 9.97 Å². The van der Waals surface area contributed by atoms with Gasteiger partial charge >= 0.3 is 0 Å². The van der Waals surface area contributed by atoms with E-state index in [4.69, 9.17) is 20.8 Å². The fourth-order valence-electron chi connectivity index (χ4n) is 3.20. The number of halogens is 1. The maximum Gasteiger partial charge on any atom is 0.225 e. The highest BCUT2D eigenvalue weighted by atomic mass is 35.5. The van der Waals surface area contributed by atoms with Gasteiger partial charge in [0.2, 0.25) is 5.28 Å². The molecule has 0 amide bonds. The average molecular weight is 408 g/mol. The molecular formula is C22H34ClN3O2. The van der Waals surface area contributed by atoms with Gasteiger partial charge in [0.05, 0.1) is 13.2 Å². The van der Waals surface area contributed by atoms with Crippen molar-refractivity contribution in [3.05, 3.63) is 23.2 Å². The van der Waals surface area contributed by atoms with Crippen molar-refractivity contribution >= 4 is 34.1 Å².